The predicted molar refractivity (Wildman–Crippen MR) is 130 cm³/mol. The number of aliphatic imine (C=N–C) groups is 1. The first-order chi connectivity index (χ1) is 16.4. The van der Waals surface area contributed by atoms with E-state index < -0.39 is 18.0 Å². The summed E-state index contributed by atoms with van der Waals surface area (Å²) in [4.78, 5) is 34.8. The Kier molecular flexibility index (Phi) is 5.98. The first-order valence-corrected chi connectivity index (χ1v) is 11.9. The number of fused-ring (bicyclic) bond motifs is 5. The number of para-hydroxylation sites is 1. The Morgan fingerprint density at radius 3 is 2.41 bits per heavy atom. The van der Waals surface area contributed by atoms with Crippen molar-refractivity contribution in [3.8, 4) is 0 Å². The fourth-order valence-electron chi connectivity index (χ4n) is 5.28. The van der Waals surface area contributed by atoms with Crippen LogP contribution in [0.5, 0.6) is 0 Å². The number of amidine groups is 1. The van der Waals surface area contributed by atoms with Crippen molar-refractivity contribution in [3.63, 3.8) is 0 Å². The number of nitrogens with one attached hydrogen (secondary N) is 2. The van der Waals surface area contributed by atoms with E-state index >= 15 is 0 Å². The molecule has 8 heteroatoms. The maximum atomic E-state index is 13.9. The third kappa shape index (κ3) is 4.36. The van der Waals surface area contributed by atoms with E-state index in [0.29, 0.717) is 23.1 Å². The van der Waals surface area contributed by atoms with Crippen LogP contribution in [0.4, 0.5) is 20.6 Å². The molecule has 3 heterocycles. The van der Waals surface area contributed by atoms with Crippen molar-refractivity contribution in [2.24, 2.45) is 16.8 Å². The molecule has 0 aromatic heterocycles. The molecule has 6 rings (SSSR count). The summed E-state index contributed by atoms with van der Waals surface area (Å²) < 4.78 is 13.9. The van der Waals surface area contributed by atoms with Gasteiger partial charge in [-0.25, -0.2) is 14.2 Å². The van der Waals surface area contributed by atoms with E-state index in [-0.39, 0.29) is 5.91 Å². The lowest BCUT2D eigenvalue weighted by Crippen LogP contribution is -2.47. The molecule has 0 unspecified atom stereocenters. The second kappa shape index (κ2) is 9.08. The second-order valence-electron chi connectivity index (χ2n) is 9.62. The van der Waals surface area contributed by atoms with Gasteiger partial charge in [-0.1, -0.05) is 18.2 Å². The van der Waals surface area contributed by atoms with Crippen LogP contribution in [-0.2, 0) is 4.79 Å². The molecule has 34 heavy (non-hydrogen) atoms. The Morgan fingerprint density at radius 2 is 1.74 bits per heavy atom. The van der Waals surface area contributed by atoms with Gasteiger partial charge in [0.15, 0.2) is 0 Å². The summed E-state index contributed by atoms with van der Waals surface area (Å²) in [7, 11) is 1.70. The molecule has 178 valence electrons. The van der Waals surface area contributed by atoms with Crippen LogP contribution >= 0.6 is 0 Å². The number of halogens is 1. The molecule has 0 radical (unpaired) electrons. The maximum Gasteiger partial charge on any atom is 0.321 e. The molecule has 2 aromatic carbocycles. The Hall–Kier alpha value is -3.42. The number of rotatable bonds is 2. The molecule has 2 aromatic rings. The zero-order chi connectivity index (χ0) is 23.8. The Morgan fingerprint density at radius 1 is 1.06 bits per heavy atom. The Balaban J connectivity index is 1.45. The van der Waals surface area contributed by atoms with Gasteiger partial charge in [0.2, 0.25) is 6.17 Å². The number of carbonyl (C=O) groups excluding carboxylic acids is 2. The van der Waals surface area contributed by atoms with E-state index in [1.54, 1.807) is 31.0 Å². The molecular formula is C26H30FN5O2. The van der Waals surface area contributed by atoms with Crippen LogP contribution in [0.2, 0.25) is 0 Å². The van der Waals surface area contributed by atoms with Gasteiger partial charge in [0.05, 0.1) is 5.69 Å². The van der Waals surface area contributed by atoms with Gasteiger partial charge < -0.3 is 20.4 Å². The molecule has 4 aliphatic rings. The highest BCUT2D eigenvalue weighted by atomic mass is 19.1. The smallest absolute Gasteiger partial charge is 0.321 e. The molecule has 1 aliphatic carbocycles. The number of nitrogens with zero attached hydrogens (tertiary/aromatic N) is 3. The number of amides is 3. The number of likely N-dealkylation sites (N-methyl/N-ethyl adjacent to an activating group) is 1. The minimum absolute atomic E-state index is 0.312. The first-order valence-electron chi connectivity index (χ1n) is 11.9. The van der Waals surface area contributed by atoms with E-state index in [2.05, 4.69) is 15.5 Å². The van der Waals surface area contributed by atoms with E-state index in [0.717, 1.165) is 30.2 Å². The van der Waals surface area contributed by atoms with Crippen LogP contribution in [0.1, 0.15) is 36.8 Å². The van der Waals surface area contributed by atoms with E-state index in [9.17, 15) is 14.0 Å². The van der Waals surface area contributed by atoms with Crippen LogP contribution in [0.3, 0.4) is 0 Å². The Labute approximate surface area is 199 Å². The average Bonchev–Trinajstić information content (AvgIpc) is 3.20. The van der Waals surface area contributed by atoms with Crippen molar-refractivity contribution in [1.82, 2.24) is 10.2 Å². The van der Waals surface area contributed by atoms with Gasteiger partial charge in [-0.2, -0.15) is 0 Å². The lowest BCUT2D eigenvalue weighted by Gasteiger charge is -2.27. The van der Waals surface area contributed by atoms with Crippen molar-refractivity contribution in [3.05, 3.63) is 59.4 Å². The van der Waals surface area contributed by atoms with Gasteiger partial charge in [0.1, 0.15) is 11.7 Å². The van der Waals surface area contributed by atoms with Crippen molar-refractivity contribution < 1.29 is 14.0 Å². The number of benzene rings is 2. The normalized spacial score (nSPS) is 24.1. The van der Waals surface area contributed by atoms with Crippen molar-refractivity contribution in [2.75, 3.05) is 30.4 Å². The summed E-state index contributed by atoms with van der Waals surface area (Å²) in [5.74, 6) is 1.26. The van der Waals surface area contributed by atoms with Crippen LogP contribution < -0.4 is 15.5 Å². The molecule has 2 saturated heterocycles. The van der Waals surface area contributed by atoms with E-state index in [1.807, 2.05) is 24.3 Å². The third-order valence-electron chi connectivity index (χ3n) is 7.24. The van der Waals surface area contributed by atoms with E-state index in [4.69, 9.17) is 4.99 Å². The summed E-state index contributed by atoms with van der Waals surface area (Å²) in [6, 6.07) is 11.6. The highest BCUT2D eigenvalue weighted by molar-refractivity contribution is 6.12. The number of carbonyl (C=O) groups is 2. The summed E-state index contributed by atoms with van der Waals surface area (Å²) in [5, 5.41) is 5.32. The van der Waals surface area contributed by atoms with Crippen LogP contribution in [0.15, 0.2) is 47.5 Å². The molecule has 0 spiro atoms. The molecule has 1 atom stereocenters. The van der Waals surface area contributed by atoms with Crippen molar-refractivity contribution in [2.45, 2.75) is 38.8 Å². The molecule has 3 fully saturated rings. The van der Waals surface area contributed by atoms with Crippen molar-refractivity contribution >= 4 is 29.1 Å². The fraction of sp³-hybridized carbons (Fsp3) is 0.423. The molecule has 3 aliphatic heterocycles. The molecule has 7 nitrogen and oxygen atoms in total. The van der Waals surface area contributed by atoms with E-state index in [1.165, 1.54) is 31.7 Å². The topological polar surface area (TPSA) is 77.0 Å². The van der Waals surface area contributed by atoms with Crippen LogP contribution in [-0.4, -0.2) is 49.0 Å². The number of urea groups is 1. The van der Waals surface area contributed by atoms with Gasteiger partial charge in [0.25, 0.3) is 5.91 Å². The zero-order valence-corrected chi connectivity index (χ0v) is 19.6. The van der Waals surface area contributed by atoms with Crippen LogP contribution in [0, 0.1) is 24.6 Å². The van der Waals surface area contributed by atoms with Gasteiger partial charge in [-0.05, 0) is 74.3 Å². The predicted octanol–water partition coefficient (Wildman–Crippen LogP) is 4.13. The second-order valence-corrected chi connectivity index (χ2v) is 9.62. The number of aryl methyl sites for hydroxylation is 1. The lowest BCUT2D eigenvalue weighted by molar-refractivity contribution is -0.119. The summed E-state index contributed by atoms with van der Waals surface area (Å²) in [6.45, 7) is 3.47. The van der Waals surface area contributed by atoms with Crippen molar-refractivity contribution in [1.29, 1.82) is 0 Å². The van der Waals surface area contributed by atoms with Crippen LogP contribution in [0.25, 0.3) is 0 Å². The molecule has 3 amide bonds. The zero-order valence-electron chi connectivity index (χ0n) is 19.6. The number of hydrogen-bond donors (Lipinski definition) is 2. The highest BCUT2D eigenvalue weighted by Crippen LogP contribution is 2.36. The lowest BCUT2D eigenvalue weighted by atomic mass is 9.84. The quantitative estimate of drug-likeness (QED) is 0.703. The largest absolute Gasteiger partial charge is 0.356 e. The van der Waals surface area contributed by atoms with Gasteiger partial charge >= 0.3 is 6.03 Å². The van der Waals surface area contributed by atoms with Gasteiger partial charge in [-0.15, -0.1) is 0 Å². The summed E-state index contributed by atoms with van der Waals surface area (Å²) in [5.41, 5.74) is 2.47. The average molecular weight is 464 g/mol. The molecule has 1 saturated carbocycles. The highest BCUT2D eigenvalue weighted by Gasteiger charge is 2.36. The monoisotopic (exact) mass is 463 g/mol. The summed E-state index contributed by atoms with van der Waals surface area (Å²) in [6.07, 6.45) is 3.82. The number of hydrogen-bond acceptors (Lipinski definition) is 4. The van der Waals surface area contributed by atoms with Gasteiger partial charge in [-0.3, -0.25) is 4.79 Å². The minimum atomic E-state index is -1.09. The fourth-order valence-corrected chi connectivity index (χ4v) is 5.28. The molecule has 2 N–H and O–H groups in total. The Bertz CT molecular complexity index is 1130. The molecule has 2 bridgehead atoms. The molecular weight excluding hydrogens is 433 g/mol. The standard InChI is InChI=1S/C26H30FN5O2/c1-16-7-12-19(13-21(16)27)28-26(34)30-23-25(33)31(2)22-6-4-3-5-20(22)24(29-23)32-14-17-8-9-18(15-32)11-10-17/h3-7,12-13,17-18,23H,8-11,14-15H2,1-2H3,(H2,28,30,34)/t17?,18?,23-/m0/s1. The third-order valence-corrected chi connectivity index (χ3v) is 7.24. The SMILES string of the molecule is Cc1ccc(NC(=O)N[C@@H]2N=C(N3CC4CCC(CC4)C3)c3ccccc3N(C)C2=O)cc1F. The number of benzodiazepines with no additional fused rings is 1. The summed E-state index contributed by atoms with van der Waals surface area (Å²) >= 11 is 0. The maximum absolute atomic E-state index is 13.9. The minimum Gasteiger partial charge on any atom is -0.356 e. The van der Waals surface area contributed by atoms with Gasteiger partial charge in [0, 0.05) is 31.4 Å². The first kappa shape index (κ1) is 22.4. The number of anilines is 2.